The molecule has 212 valence electrons. The molecule has 0 aliphatic heterocycles. The number of unbranched alkanes of at least 4 members (excludes halogenated alkanes) is 19. The molecule has 0 atom stereocenters. The van der Waals surface area contributed by atoms with Gasteiger partial charge >= 0.3 is 0 Å². The fraction of sp³-hybridized carbons (Fsp3) is 0.967. The van der Waals surface area contributed by atoms with Crippen molar-refractivity contribution in [2.75, 3.05) is 47.4 Å². The number of nitrogens with one attached hydrogen (secondary N) is 1. The maximum atomic E-state index is 11.7. The summed E-state index contributed by atoms with van der Waals surface area (Å²) in [5.41, 5.74) is 0. The van der Waals surface area contributed by atoms with Gasteiger partial charge in [-0.15, -0.1) is 0 Å². The normalized spacial score (nSPS) is 11.4. The van der Waals surface area contributed by atoms with E-state index in [1.54, 1.807) is 0 Å². The molecule has 35 heavy (non-hydrogen) atoms. The quantitative estimate of drug-likeness (QED) is 0.122. The van der Waals surface area contributed by atoms with Crippen molar-refractivity contribution in [3.8, 4) is 0 Å². The van der Waals surface area contributed by atoms with E-state index < -0.39 is 0 Å². The Morgan fingerprint density at radius 2 is 0.914 bits per heavy atom. The van der Waals surface area contributed by atoms with Crippen LogP contribution in [0.15, 0.2) is 0 Å². The van der Waals surface area contributed by atoms with Gasteiger partial charge in [0.1, 0.15) is 0 Å². The summed E-state index contributed by atoms with van der Waals surface area (Å²) in [4.78, 5) is 11.7. The minimum Gasteiger partial charge on any atom is -1.00 e. The van der Waals surface area contributed by atoms with Crippen molar-refractivity contribution < 1.29 is 26.4 Å². The number of likely N-dealkylation sites (N-methyl/N-ethyl adjacent to an activating group) is 1. The maximum absolute atomic E-state index is 11.7. The second-order valence-corrected chi connectivity index (χ2v) is 11.5. The predicted molar refractivity (Wildman–Crippen MR) is 149 cm³/mol. The summed E-state index contributed by atoms with van der Waals surface area (Å²) in [6, 6.07) is 0. The van der Waals surface area contributed by atoms with Crippen LogP contribution in [0.4, 0.5) is 0 Å². The highest BCUT2D eigenvalue weighted by atomic mass is 35.5. The Balaban J connectivity index is 0. The van der Waals surface area contributed by atoms with Crippen molar-refractivity contribution in [3.63, 3.8) is 0 Å². The second kappa shape index (κ2) is 28.3. The van der Waals surface area contributed by atoms with Crippen LogP contribution in [-0.2, 0) is 9.53 Å². The zero-order chi connectivity index (χ0) is 25.2. The van der Waals surface area contributed by atoms with E-state index in [1.807, 2.05) is 21.1 Å². The van der Waals surface area contributed by atoms with Gasteiger partial charge in [-0.25, -0.2) is 0 Å². The number of hydrogen-bond acceptors (Lipinski definition) is 2. The standard InChI is InChI=1S/C30H62N2O2.ClH/c1-5-6-7-8-9-10-11-12-13-14-15-16-17-18-19-20-21-22-23-24-27-34-28-25-26-31-30(33)29-32(2,3)4;/h5-29H2,1-4H3;1H. The zero-order valence-electron chi connectivity index (χ0n) is 24.3. The summed E-state index contributed by atoms with van der Waals surface area (Å²) >= 11 is 0. The van der Waals surface area contributed by atoms with Crippen molar-refractivity contribution in [2.24, 2.45) is 0 Å². The summed E-state index contributed by atoms with van der Waals surface area (Å²) in [6.45, 7) is 5.16. The topological polar surface area (TPSA) is 38.3 Å². The minimum atomic E-state index is 0. The van der Waals surface area contributed by atoms with Crippen LogP contribution in [0.2, 0.25) is 0 Å². The number of amides is 1. The molecular formula is C30H63ClN2O2. The number of carbonyl (C=O) groups is 1. The van der Waals surface area contributed by atoms with E-state index in [4.69, 9.17) is 4.74 Å². The minimum absolute atomic E-state index is 0. The molecule has 0 spiro atoms. The lowest BCUT2D eigenvalue weighted by molar-refractivity contribution is -0.862. The molecule has 0 aliphatic carbocycles. The van der Waals surface area contributed by atoms with Gasteiger partial charge < -0.3 is 26.9 Å². The van der Waals surface area contributed by atoms with Gasteiger partial charge in [0.15, 0.2) is 6.54 Å². The SMILES string of the molecule is CCCCCCCCCCCCCCCCCCCCCCOCCCNC(=O)C[N+](C)(C)C.[Cl-]. The third-order valence-corrected chi connectivity index (χ3v) is 6.55. The molecule has 0 unspecified atom stereocenters. The van der Waals surface area contributed by atoms with Crippen LogP contribution in [-0.4, -0.2) is 57.8 Å². The fourth-order valence-corrected chi connectivity index (χ4v) is 4.45. The van der Waals surface area contributed by atoms with Crippen LogP contribution < -0.4 is 17.7 Å². The Hall–Kier alpha value is -0.320. The smallest absolute Gasteiger partial charge is 0.275 e. The second-order valence-electron chi connectivity index (χ2n) is 11.5. The molecule has 0 bridgehead atoms. The molecule has 0 radical (unpaired) electrons. The first kappa shape index (κ1) is 36.8. The molecule has 0 aliphatic rings. The lowest BCUT2D eigenvalue weighted by Crippen LogP contribution is -3.00. The van der Waals surface area contributed by atoms with Crippen LogP contribution in [0.3, 0.4) is 0 Å². The first-order valence-corrected chi connectivity index (χ1v) is 15.1. The lowest BCUT2D eigenvalue weighted by atomic mass is 10.0. The number of ether oxygens (including phenoxy) is 1. The number of rotatable bonds is 27. The Bertz CT molecular complexity index is 427. The Kier molecular flexibility index (Phi) is 29.7. The van der Waals surface area contributed by atoms with Crippen LogP contribution in [0.25, 0.3) is 0 Å². The van der Waals surface area contributed by atoms with Gasteiger partial charge in [0, 0.05) is 19.8 Å². The average Bonchev–Trinajstić information content (AvgIpc) is 2.78. The largest absolute Gasteiger partial charge is 1.00 e. The molecule has 1 N–H and O–H groups in total. The van der Waals surface area contributed by atoms with E-state index in [0.717, 1.165) is 26.2 Å². The van der Waals surface area contributed by atoms with Crippen molar-refractivity contribution in [1.82, 2.24) is 5.32 Å². The molecule has 4 nitrogen and oxygen atoms in total. The average molecular weight is 519 g/mol. The highest BCUT2D eigenvalue weighted by Crippen LogP contribution is 2.14. The van der Waals surface area contributed by atoms with Crippen molar-refractivity contribution >= 4 is 5.91 Å². The van der Waals surface area contributed by atoms with E-state index >= 15 is 0 Å². The highest BCUT2D eigenvalue weighted by molar-refractivity contribution is 5.76. The van der Waals surface area contributed by atoms with Gasteiger partial charge in [-0.3, -0.25) is 4.79 Å². The zero-order valence-corrected chi connectivity index (χ0v) is 25.1. The summed E-state index contributed by atoms with van der Waals surface area (Å²) in [6.07, 6.45) is 29.2. The summed E-state index contributed by atoms with van der Waals surface area (Å²) in [5.74, 6) is 0.126. The van der Waals surface area contributed by atoms with E-state index in [2.05, 4.69) is 12.2 Å². The van der Waals surface area contributed by atoms with E-state index in [-0.39, 0.29) is 18.3 Å². The van der Waals surface area contributed by atoms with Crippen molar-refractivity contribution in [3.05, 3.63) is 0 Å². The maximum Gasteiger partial charge on any atom is 0.275 e. The first-order chi connectivity index (χ1) is 16.5. The first-order valence-electron chi connectivity index (χ1n) is 15.1. The summed E-state index contributed by atoms with van der Waals surface area (Å²) in [7, 11) is 6.09. The molecule has 0 heterocycles. The third-order valence-electron chi connectivity index (χ3n) is 6.55. The predicted octanol–water partition coefficient (Wildman–Crippen LogP) is 5.04. The Morgan fingerprint density at radius 3 is 1.29 bits per heavy atom. The Labute approximate surface area is 226 Å². The third kappa shape index (κ3) is 33.7. The highest BCUT2D eigenvalue weighted by Gasteiger charge is 2.13. The monoisotopic (exact) mass is 518 g/mol. The molecule has 5 heteroatoms. The molecule has 0 aromatic heterocycles. The van der Waals surface area contributed by atoms with Gasteiger partial charge in [-0.05, 0) is 12.8 Å². The van der Waals surface area contributed by atoms with Crippen molar-refractivity contribution in [1.29, 1.82) is 0 Å². The molecule has 0 saturated carbocycles. The molecule has 0 rings (SSSR count). The molecule has 0 saturated heterocycles. The number of halogens is 1. The van der Waals surface area contributed by atoms with E-state index in [1.165, 1.54) is 128 Å². The molecular weight excluding hydrogens is 456 g/mol. The van der Waals surface area contributed by atoms with Gasteiger partial charge in [-0.2, -0.15) is 0 Å². The number of quaternary nitrogens is 1. The van der Waals surface area contributed by atoms with Crippen LogP contribution in [0, 0.1) is 0 Å². The van der Waals surface area contributed by atoms with Crippen LogP contribution in [0.1, 0.15) is 142 Å². The molecule has 0 aromatic rings. The molecule has 0 aromatic carbocycles. The number of nitrogens with zero attached hydrogens (tertiary/aromatic N) is 1. The van der Waals surface area contributed by atoms with E-state index in [0.29, 0.717) is 11.0 Å². The van der Waals surface area contributed by atoms with Gasteiger partial charge in [-0.1, -0.05) is 129 Å². The van der Waals surface area contributed by atoms with Crippen LogP contribution in [0.5, 0.6) is 0 Å². The van der Waals surface area contributed by atoms with Gasteiger partial charge in [0.25, 0.3) is 5.91 Å². The number of carbonyl (C=O) groups excluding carboxylic acids is 1. The van der Waals surface area contributed by atoms with Gasteiger partial charge in [0.2, 0.25) is 0 Å². The summed E-state index contributed by atoms with van der Waals surface area (Å²) in [5, 5.41) is 2.97. The number of hydrogen-bond donors (Lipinski definition) is 1. The van der Waals surface area contributed by atoms with E-state index in [9.17, 15) is 4.79 Å². The fourth-order valence-electron chi connectivity index (χ4n) is 4.45. The lowest BCUT2D eigenvalue weighted by Gasteiger charge is -2.22. The Morgan fingerprint density at radius 1 is 0.571 bits per heavy atom. The summed E-state index contributed by atoms with van der Waals surface area (Å²) < 4.78 is 6.37. The van der Waals surface area contributed by atoms with Crippen molar-refractivity contribution in [2.45, 2.75) is 142 Å². The van der Waals surface area contributed by atoms with Gasteiger partial charge in [0.05, 0.1) is 21.1 Å². The molecule has 0 fully saturated rings. The molecule has 1 amide bonds. The van der Waals surface area contributed by atoms with Crippen LogP contribution >= 0.6 is 0 Å².